The standard InChI is InChI=1S/C10H18O4/c1-3-5-7(9(11)12)8(6-4-2)10(13)14/h7-8H,3-6H2,1-2H3,(H,11,12)(H,13,14)/t7-,8-/m1/s1. The van der Waals surface area contributed by atoms with Crippen molar-refractivity contribution in [3.05, 3.63) is 0 Å². The third-order valence-corrected chi connectivity index (χ3v) is 2.32. The van der Waals surface area contributed by atoms with Crippen LogP contribution in [0.1, 0.15) is 39.5 Å². The topological polar surface area (TPSA) is 74.6 Å². The second-order valence-corrected chi connectivity index (χ2v) is 3.47. The minimum absolute atomic E-state index is 0.437. The van der Waals surface area contributed by atoms with Crippen LogP contribution >= 0.6 is 0 Å². The Morgan fingerprint density at radius 3 is 1.36 bits per heavy atom. The minimum Gasteiger partial charge on any atom is -0.481 e. The van der Waals surface area contributed by atoms with Crippen LogP contribution in [0.3, 0.4) is 0 Å². The lowest BCUT2D eigenvalue weighted by Gasteiger charge is -2.18. The molecule has 0 aromatic rings. The first-order chi connectivity index (χ1) is 6.54. The highest BCUT2D eigenvalue weighted by atomic mass is 16.4. The molecule has 0 radical (unpaired) electrons. The zero-order valence-corrected chi connectivity index (χ0v) is 8.69. The van der Waals surface area contributed by atoms with Crippen molar-refractivity contribution in [2.45, 2.75) is 39.5 Å². The highest BCUT2D eigenvalue weighted by Gasteiger charge is 2.31. The van der Waals surface area contributed by atoms with Gasteiger partial charge in [0.25, 0.3) is 0 Å². The molecule has 0 fully saturated rings. The van der Waals surface area contributed by atoms with Crippen molar-refractivity contribution in [2.75, 3.05) is 0 Å². The summed E-state index contributed by atoms with van der Waals surface area (Å²) in [5.41, 5.74) is 0. The lowest BCUT2D eigenvalue weighted by Crippen LogP contribution is -2.29. The molecular weight excluding hydrogens is 184 g/mol. The van der Waals surface area contributed by atoms with E-state index in [1.165, 1.54) is 0 Å². The molecule has 0 spiro atoms. The van der Waals surface area contributed by atoms with Gasteiger partial charge in [-0.3, -0.25) is 9.59 Å². The van der Waals surface area contributed by atoms with Gasteiger partial charge in [0.15, 0.2) is 0 Å². The average molecular weight is 202 g/mol. The molecule has 0 saturated heterocycles. The van der Waals surface area contributed by atoms with Crippen LogP contribution in [0.25, 0.3) is 0 Å². The summed E-state index contributed by atoms with van der Waals surface area (Å²) in [4.78, 5) is 21.7. The Hall–Kier alpha value is -1.06. The van der Waals surface area contributed by atoms with Crippen LogP contribution in [-0.4, -0.2) is 22.2 Å². The molecule has 0 aliphatic rings. The molecule has 82 valence electrons. The Kier molecular flexibility index (Phi) is 5.92. The van der Waals surface area contributed by atoms with E-state index in [1.807, 2.05) is 13.8 Å². The van der Waals surface area contributed by atoms with Crippen molar-refractivity contribution in [3.63, 3.8) is 0 Å². The third-order valence-electron chi connectivity index (χ3n) is 2.32. The zero-order valence-electron chi connectivity index (χ0n) is 8.69. The lowest BCUT2D eigenvalue weighted by atomic mass is 9.85. The number of carboxylic acid groups (broad SMARTS) is 2. The predicted octanol–water partition coefficient (Wildman–Crippen LogP) is 1.99. The summed E-state index contributed by atoms with van der Waals surface area (Å²) in [6, 6.07) is 0. The molecule has 14 heavy (non-hydrogen) atoms. The number of aliphatic carboxylic acids is 2. The zero-order chi connectivity index (χ0) is 11.1. The van der Waals surface area contributed by atoms with Gasteiger partial charge in [0.2, 0.25) is 0 Å². The molecule has 0 heterocycles. The average Bonchev–Trinajstić information content (AvgIpc) is 2.10. The molecular formula is C10H18O4. The van der Waals surface area contributed by atoms with E-state index in [4.69, 9.17) is 10.2 Å². The molecule has 0 aromatic carbocycles. The van der Waals surface area contributed by atoms with Crippen LogP contribution in [0.15, 0.2) is 0 Å². The van der Waals surface area contributed by atoms with Gasteiger partial charge in [-0.2, -0.15) is 0 Å². The van der Waals surface area contributed by atoms with Crippen LogP contribution in [-0.2, 0) is 9.59 Å². The molecule has 2 atom stereocenters. The van der Waals surface area contributed by atoms with Crippen LogP contribution < -0.4 is 0 Å². The van der Waals surface area contributed by atoms with E-state index in [2.05, 4.69) is 0 Å². The van der Waals surface area contributed by atoms with E-state index in [0.717, 1.165) is 0 Å². The smallest absolute Gasteiger partial charge is 0.307 e. The first-order valence-electron chi connectivity index (χ1n) is 5.00. The van der Waals surface area contributed by atoms with Gasteiger partial charge < -0.3 is 10.2 Å². The fourth-order valence-electron chi connectivity index (χ4n) is 1.62. The molecule has 0 bridgehead atoms. The molecule has 0 saturated carbocycles. The molecule has 0 unspecified atom stereocenters. The molecule has 2 N–H and O–H groups in total. The SMILES string of the molecule is CCC[C@@H](C(=O)O)[C@@H](CCC)C(=O)O. The molecule has 0 aromatic heterocycles. The first kappa shape index (κ1) is 12.9. The highest BCUT2D eigenvalue weighted by molar-refractivity contribution is 5.79. The molecule has 4 nitrogen and oxygen atoms in total. The van der Waals surface area contributed by atoms with Gasteiger partial charge in [-0.25, -0.2) is 0 Å². The predicted molar refractivity (Wildman–Crippen MR) is 52.1 cm³/mol. The summed E-state index contributed by atoms with van der Waals surface area (Å²) in [6.45, 7) is 3.72. The quantitative estimate of drug-likeness (QED) is 0.662. The number of hydrogen-bond donors (Lipinski definition) is 2. The van der Waals surface area contributed by atoms with Gasteiger partial charge in [-0.05, 0) is 12.8 Å². The lowest BCUT2D eigenvalue weighted by molar-refractivity contribution is -0.154. The summed E-state index contributed by atoms with van der Waals surface area (Å²) < 4.78 is 0. The van der Waals surface area contributed by atoms with Crippen LogP contribution in [0, 0.1) is 11.8 Å². The van der Waals surface area contributed by atoms with Crippen LogP contribution in [0.5, 0.6) is 0 Å². The summed E-state index contributed by atoms with van der Waals surface area (Å²) >= 11 is 0. The Labute approximate surface area is 83.9 Å². The Bertz CT molecular complexity index is 178. The number of carboxylic acids is 2. The Morgan fingerprint density at radius 1 is 0.929 bits per heavy atom. The van der Waals surface area contributed by atoms with Gasteiger partial charge in [0.1, 0.15) is 0 Å². The summed E-state index contributed by atoms with van der Waals surface area (Å²) in [7, 11) is 0. The van der Waals surface area contributed by atoms with Gasteiger partial charge in [-0.15, -0.1) is 0 Å². The second-order valence-electron chi connectivity index (χ2n) is 3.47. The van der Waals surface area contributed by atoms with Gasteiger partial charge in [-0.1, -0.05) is 26.7 Å². The molecule has 0 aliphatic heterocycles. The summed E-state index contributed by atoms with van der Waals surface area (Å²) in [5.74, 6) is -3.46. The van der Waals surface area contributed by atoms with Crippen molar-refractivity contribution in [3.8, 4) is 0 Å². The Balaban J connectivity index is 4.54. The normalized spacial score (nSPS) is 14.7. The largest absolute Gasteiger partial charge is 0.481 e. The van der Waals surface area contributed by atoms with E-state index in [9.17, 15) is 9.59 Å². The van der Waals surface area contributed by atoms with E-state index in [0.29, 0.717) is 25.7 Å². The van der Waals surface area contributed by atoms with Gasteiger partial charge >= 0.3 is 11.9 Å². The van der Waals surface area contributed by atoms with E-state index in [1.54, 1.807) is 0 Å². The fraction of sp³-hybridized carbons (Fsp3) is 0.800. The van der Waals surface area contributed by atoms with Crippen molar-refractivity contribution < 1.29 is 19.8 Å². The number of carbonyl (C=O) groups is 2. The number of rotatable bonds is 7. The van der Waals surface area contributed by atoms with E-state index < -0.39 is 23.8 Å². The van der Waals surface area contributed by atoms with E-state index >= 15 is 0 Å². The molecule has 0 aliphatic carbocycles. The molecule has 4 heteroatoms. The Morgan fingerprint density at radius 2 is 1.21 bits per heavy atom. The van der Waals surface area contributed by atoms with Crippen molar-refractivity contribution in [1.82, 2.24) is 0 Å². The molecule has 0 rings (SSSR count). The fourth-order valence-corrected chi connectivity index (χ4v) is 1.62. The summed E-state index contributed by atoms with van der Waals surface area (Å²) in [6.07, 6.45) is 2.27. The van der Waals surface area contributed by atoms with Crippen LogP contribution in [0.4, 0.5) is 0 Å². The maximum atomic E-state index is 10.8. The number of hydrogen-bond acceptors (Lipinski definition) is 2. The third kappa shape index (κ3) is 3.77. The first-order valence-corrected chi connectivity index (χ1v) is 5.00. The van der Waals surface area contributed by atoms with E-state index in [-0.39, 0.29) is 0 Å². The minimum atomic E-state index is -0.993. The monoisotopic (exact) mass is 202 g/mol. The van der Waals surface area contributed by atoms with Gasteiger partial charge in [0, 0.05) is 0 Å². The second kappa shape index (κ2) is 6.40. The summed E-state index contributed by atoms with van der Waals surface area (Å²) in [5, 5.41) is 17.8. The maximum absolute atomic E-state index is 10.8. The molecule has 0 amide bonds. The highest BCUT2D eigenvalue weighted by Crippen LogP contribution is 2.23. The van der Waals surface area contributed by atoms with Crippen molar-refractivity contribution >= 4 is 11.9 Å². The van der Waals surface area contributed by atoms with Gasteiger partial charge in [0.05, 0.1) is 11.8 Å². The van der Waals surface area contributed by atoms with Crippen LogP contribution in [0.2, 0.25) is 0 Å². The maximum Gasteiger partial charge on any atom is 0.307 e. The van der Waals surface area contributed by atoms with Crippen molar-refractivity contribution in [1.29, 1.82) is 0 Å². The van der Waals surface area contributed by atoms with Crippen molar-refractivity contribution in [2.24, 2.45) is 11.8 Å².